The van der Waals surface area contributed by atoms with Crippen molar-refractivity contribution in [1.82, 2.24) is 25.1 Å². The number of amides is 1. The van der Waals surface area contributed by atoms with Crippen LogP contribution in [0.5, 0.6) is 0 Å². The van der Waals surface area contributed by atoms with Crippen LogP contribution in [0.1, 0.15) is 36.5 Å². The second-order valence-corrected chi connectivity index (χ2v) is 9.19. The van der Waals surface area contributed by atoms with E-state index < -0.39 is 0 Å². The van der Waals surface area contributed by atoms with Gasteiger partial charge in [-0.05, 0) is 53.8 Å². The molecule has 34 heavy (non-hydrogen) atoms. The van der Waals surface area contributed by atoms with Gasteiger partial charge in [0.15, 0.2) is 11.0 Å². The first-order valence-electron chi connectivity index (χ1n) is 11.0. The zero-order chi connectivity index (χ0) is 24.1. The topological polar surface area (TPSA) is 72.7 Å². The first kappa shape index (κ1) is 23.6. The molecule has 0 aliphatic heterocycles. The van der Waals surface area contributed by atoms with E-state index in [-0.39, 0.29) is 17.5 Å². The van der Waals surface area contributed by atoms with Gasteiger partial charge in [0.25, 0.3) is 0 Å². The monoisotopic (exact) mass is 475 g/mol. The Hall–Kier alpha value is -3.52. The Labute approximate surface area is 202 Å². The van der Waals surface area contributed by atoms with E-state index in [1.54, 1.807) is 31.5 Å². The van der Waals surface area contributed by atoms with Crippen LogP contribution >= 0.6 is 11.8 Å². The first-order chi connectivity index (χ1) is 16.4. The Kier molecular flexibility index (Phi) is 7.37. The van der Waals surface area contributed by atoms with Gasteiger partial charge in [0.2, 0.25) is 5.91 Å². The molecule has 0 saturated heterocycles. The molecule has 0 aliphatic rings. The minimum atomic E-state index is -0.254. The molecule has 6 nitrogen and oxygen atoms in total. The highest BCUT2D eigenvalue weighted by Gasteiger charge is 2.20. The number of carbonyl (C=O) groups is 1. The second kappa shape index (κ2) is 10.6. The SMILES string of the molecule is Cc1cc(CNC(=O)CSc2nnc(-c3cccnc3)n2-c2ccccc2C(C)C)ccc1F. The number of rotatable bonds is 8. The van der Waals surface area contributed by atoms with Crippen molar-refractivity contribution in [1.29, 1.82) is 0 Å². The van der Waals surface area contributed by atoms with Gasteiger partial charge in [-0.15, -0.1) is 10.2 Å². The third kappa shape index (κ3) is 5.34. The summed E-state index contributed by atoms with van der Waals surface area (Å²) in [5.41, 5.74) is 4.39. The maximum atomic E-state index is 13.5. The van der Waals surface area contributed by atoms with Gasteiger partial charge in [-0.25, -0.2) is 4.39 Å². The molecule has 0 saturated carbocycles. The van der Waals surface area contributed by atoms with E-state index in [0.717, 1.165) is 22.4 Å². The van der Waals surface area contributed by atoms with E-state index in [2.05, 4.69) is 40.4 Å². The molecular formula is C26H26FN5OS. The Morgan fingerprint density at radius 1 is 1.12 bits per heavy atom. The lowest BCUT2D eigenvalue weighted by Gasteiger charge is -2.16. The summed E-state index contributed by atoms with van der Waals surface area (Å²) in [5.74, 6) is 0.749. The van der Waals surface area contributed by atoms with E-state index in [1.807, 2.05) is 34.9 Å². The van der Waals surface area contributed by atoms with Crippen molar-refractivity contribution in [3.8, 4) is 17.1 Å². The maximum Gasteiger partial charge on any atom is 0.230 e. The molecule has 1 N–H and O–H groups in total. The van der Waals surface area contributed by atoms with Crippen LogP contribution in [-0.2, 0) is 11.3 Å². The van der Waals surface area contributed by atoms with Gasteiger partial charge < -0.3 is 5.32 Å². The molecule has 2 heterocycles. The third-order valence-electron chi connectivity index (χ3n) is 5.40. The zero-order valence-electron chi connectivity index (χ0n) is 19.3. The number of aromatic nitrogens is 4. The minimum absolute atomic E-state index is 0.137. The number of hydrogen-bond acceptors (Lipinski definition) is 5. The Bertz CT molecular complexity index is 1290. The number of carbonyl (C=O) groups excluding carboxylic acids is 1. The number of nitrogens with one attached hydrogen (secondary N) is 1. The fourth-order valence-electron chi connectivity index (χ4n) is 3.64. The lowest BCUT2D eigenvalue weighted by molar-refractivity contribution is -0.118. The third-order valence-corrected chi connectivity index (χ3v) is 6.33. The average Bonchev–Trinajstić information content (AvgIpc) is 3.27. The average molecular weight is 476 g/mol. The molecular weight excluding hydrogens is 449 g/mol. The molecule has 1 amide bonds. The molecule has 8 heteroatoms. The number of nitrogens with zero attached hydrogens (tertiary/aromatic N) is 4. The van der Waals surface area contributed by atoms with Crippen LogP contribution in [0, 0.1) is 12.7 Å². The fraction of sp³-hybridized carbons (Fsp3) is 0.231. The predicted octanol–water partition coefficient (Wildman–Crippen LogP) is 5.31. The molecule has 4 rings (SSSR count). The van der Waals surface area contributed by atoms with Crippen molar-refractivity contribution in [3.63, 3.8) is 0 Å². The quantitative estimate of drug-likeness (QED) is 0.350. The Balaban J connectivity index is 1.57. The summed E-state index contributed by atoms with van der Waals surface area (Å²) in [6.45, 7) is 6.33. The van der Waals surface area contributed by atoms with E-state index in [1.165, 1.54) is 17.8 Å². The molecule has 2 aromatic heterocycles. The van der Waals surface area contributed by atoms with Crippen LogP contribution in [0.25, 0.3) is 17.1 Å². The zero-order valence-corrected chi connectivity index (χ0v) is 20.1. The molecule has 0 unspecified atom stereocenters. The molecule has 0 atom stereocenters. The summed E-state index contributed by atoms with van der Waals surface area (Å²) in [6, 6.07) is 16.8. The van der Waals surface area contributed by atoms with Crippen LogP contribution in [0.2, 0.25) is 0 Å². The van der Waals surface area contributed by atoms with Gasteiger partial charge in [-0.1, -0.05) is 55.9 Å². The van der Waals surface area contributed by atoms with Crippen molar-refractivity contribution in [2.75, 3.05) is 5.75 Å². The summed E-state index contributed by atoms with van der Waals surface area (Å²) < 4.78 is 15.5. The summed E-state index contributed by atoms with van der Waals surface area (Å²) in [5, 5.41) is 12.4. The lowest BCUT2D eigenvalue weighted by Crippen LogP contribution is -2.24. The molecule has 4 aromatic rings. The normalized spacial score (nSPS) is 11.1. The van der Waals surface area contributed by atoms with E-state index in [9.17, 15) is 9.18 Å². The first-order valence-corrected chi connectivity index (χ1v) is 12.0. The molecule has 0 fully saturated rings. The van der Waals surface area contributed by atoms with E-state index in [4.69, 9.17) is 0 Å². The second-order valence-electron chi connectivity index (χ2n) is 8.25. The number of hydrogen-bond donors (Lipinski definition) is 1. The number of thioether (sulfide) groups is 1. The van der Waals surface area contributed by atoms with Gasteiger partial charge in [-0.3, -0.25) is 14.3 Å². The number of para-hydroxylation sites is 1. The van der Waals surface area contributed by atoms with E-state index in [0.29, 0.717) is 29.0 Å². The van der Waals surface area contributed by atoms with Crippen LogP contribution in [0.15, 0.2) is 72.1 Å². The highest BCUT2D eigenvalue weighted by molar-refractivity contribution is 7.99. The summed E-state index contributed by atoms with van der Waals surface area (Å²) in [4.78, 5) is 16.8. The standard InChI is InChI=1S/C26H26FN5OS/c1-17(2)21-8-4-5-9-23(21)32-25(20-7-6-12-28-15-20)30-31-26(32)34-16-24(33)29-14-19-10-11-22(27)18(3)13-19/h4-13,15,17H,14,16H2,1-3H3,(H,29,33). The maximum absolute atomic E-state index is 13.5. The highest BCUT2D eigenvalue weighted by Crippen LogP contribution is 2.31. The predicted molar refractivity (Wildman–Crippen MR) is 132 cm³/mol. The highest BCUT2D eigenvalue weighted by atomic mass is 32.2. The van der Waals surface area contributed by atoms with Crippen LogP contribution in [0.4, 0.5) is 4.39 Å². The van der Waals surface area contributed by atoms with Crippen molar-refractivity contribution in [2.45, 2.75) is 38.4 Å². The molecule has 0 bridgehead atoms. The van der Waals surface area contributed by atoms with Crippen molar-refractivity contribution in [2.24, 2.45) is 0 Å². The number of benzene rings is 2. The Morgan fingerprint density at radius 2 is 1.94 bits per heavy atom. The van der Waals surface area contributed by atoms with Crippen molar-refractivity contribution in [3.05, 3.63) is 89.5 Å². The van der Waals surface area contributed by atoms with Gasteiger partial charge in [0.1, 0.15) is 5.82 Å². The summed E-state index contributed by atoms with van der Waals surface area (Å²) in [6.07, 6.45) is 3.47. The van der Waals surface area contributed by atoms with Gasteiger partial charge in [0, 0.05) is 24.5 Å². The number of aryl methyl sites for hydroxylation is 1. The van der Waals surface area contributed by atoms with Gasteiger partial charge >= 0.3 is 0 Å². The summed E-state index contributed by atoms with van der Waals surface area (Å²) in [7, 11) is 0. The number of pyridine rings is 1. The molecule has 2 aromatic carbocycles. The van der Waals surface area contributed by atoms with Crippen LogP contribution < -0.4 is 5.32 Å². The molecule has 0 aliphatic carbocycles. The van der Waals surface area contributed by atoms with Crippen molar-refractivity contribution >= 4 is 17.7 Å². The molecule has 0 spiro atoms. The van der Waals surface area contributed by atoms with Crippen LogP contribution in [-0.4, -0.2) is 31.4 Å². The number of halogens is 1. The largest absolute Gasteiger partial charge is 0.351 e. The van der Waals surface area contributed by atoms with Gasteiger partial charge in [0.05, 0.1) is 11.4 Å². The Morgan fingerprint density at radius 3 is 2.68 bits per heavy atom. The van der Waals surface area contributed by atoms with Crippen LogP contribution in [0.3, 0.4) is 0 Å². The van der Waals surface area contributed by atoms with Gasteiger partial charge in [-0.2, -0.15) is 0 Å². The molecule has 0 radical (unpaired) electrons. The lowest BCUT2D eigenvalue weighted by atomic mass is 10.0. The fourth-order valence-corrected chi connectivity index (χ4v) is 4.42. The smallest absolute Gasteiger partial charge is 0.230 e. The van der Waals surface area contributed by atoms with Crippen molar-refractivity contribution < 1.29 is 9.18 Å². The summed E-state index contributed by atoms with van der Waals surface area (Å²) >= 11 is 1.32. The van der Waals surface area contributed by atoms with E-state index >= 15 is 0 Å². The minimum Gasteiger partial charge on any atom is -0.351 e. The molecule has 174 valence electrons.